The fourth-order valence-electron chi connectivity index (χ4n) is 1.52. The average molecular weight is 238 g/mol. The quantitative estimate of drug-likeness (QED) is 0.785. The van der Waals surface area contributed by atoms with Gasteiger partial charge in [0.2, 0.25) is 0 Å². The molecule has 0 radical (unpaired) electrons. The van der Waals surface area contributed by atoms with Crippen LogP contribution in [-0.2, 0) is 16.8 Å². The molecule has 0 bridgehead atoms. The molecule has 0 aliphatic rings. The van der Waals surface area contributed by atoms with E-state index in [1.54, 1.807) is 0 Å². The van der Waals surface area contributed by atoms with Gasteiger partial charge in [-0.15, -0.1) is 0 Å². The number of ether oxygens (including phenoxy) is 1. The standard InChI is InChI=1S/C12H16O3.C2H6/c1-12(2,3)10-7-5-4-6-9(10)8-15-11(13)14;1-2/h4-7H,8H2,1-3H3,(H,13,14);1-2H3. The zero-order chi connectivity index (χ0) is 13.5. The molecule has 17 heavy (non-hydrogen) atoms. The molecular formula is C14H22O3. The smallest absolute Gasteiger partial charge is 0.450 e. The van der Waals surface area contributed by atoms with Crippen molar-refractivity contribution in [3.8, 4) is 0 Å². The summed E-state index contributed by atoms with van der Waals surface area (Å²) in [5.74, 6) is 0. The van der Waals surface area contributed by atoms with Gasteiger partial charge in [0.1, 0.15) is 6.61 Å². The zero-order valence-electron chi connectivity index (χ0n) is 11.3. The largest absolute Gasteiger partial charge is 0.506 e. The minimum atomic E-state index is -1.24. The van der Waals surface area contributed by atoms with Gasteiger partial charge < -0.3 is 9.84 Å². The van der Waals surface area contributed by atoms with Gasteiger partial charge in [-0.2, -0.15) is 0 Å². The summed E-state index contributed by atoms with van der Waals surface area (Å²) in [6.07, 6.45) is -1.24. The zero-order valence-corrected chi connectivity index (χ0v) is 11.3. The third kappa shape index (κ3) is 5.38. The van der Waals surface area contributed by atoms with Gasteiger partial charge in [0.05, 0.1) is 0 Å². The Hall–Kier alpha value is -1.51. The van der Waals surface area contributed by atoms with E-state index < -0.39 is 6.16 Å². The maximum atomic E-state index is 10.3. The summed E-state index contributed by atoms with van der Waals surface area (Å²) < 4.78 is 4.58. The molecule has 1 aromatic rings. The topological polar surface area (TPSA) is 46.5 Å². The van der Waals surface area contributed by atoms with E-state index in [1.807, 2.05) is 38.1 Å². The average Bonchev–Trinajstić information content (AvgIpc) is 2.28. The number of rotatable bonds is 2. The van der Waals surface area contributed by atoms with Crippen molar-refractivity contribution in [3.63, 3.8) is 0 Å². The van der Waals surface area contributed by atoms with E-state index in [9.17, 15) is 4.79 Å². The monoisotopic (exact) mass is 238 g/mol. The van der Waals surface area contributed by atoms with Crippen LogP contribution in [0, 0.1) is 0 Å². The molecule has 0 aliphatic carbocycles. The Kier molecular flexibility index (Phi) is 6.33. The fraction of sp³-hybridized carbons (Fsp3) is 0.500. The summed E-state index contributed by atoms with van der Waals surface area (Å²) in [6, 6.07) is 7.73. The SMILES string of the molecule is CC.CC(C)(C)c1ccccc1COC(=O)O. The van der Waals surface area contributed by atoms with Gasteiger partial charge in [-0.25, -0.2) is 4.79 Å². The molecule has 0 aliphatic heterocycles. The van der Waals surface area contributed by atoms with E-state index in [-0.39, 0.29) is 12.0 Å². The molecule has 0 saturated carbocycles. The minimum Gasteiger partial charge on any atom is -0.450 e. The summed E-state index contributed by atoms with van der Waals surface area (Å²) in [6.45, 7) is 10.4. The van der Waals surface area contributed by atoms with Crippen molar-refractivity contribution < 1.29 is 14.6 Å². The molecular weight excluding hydrogens is 216 g/mol. The van der Waals surface area contributed by atoms with Crippen LogP contribution in [0.2, 0.25) is 0 Å². The van der Waals surface area contributed by atoms with Gasteiger partial charge in [-0.05, 0) is 16.5 Å². The first-order chi connectivity index (χ1) is 7.91. The van der Waals surface area contributed by atoms with Crippen LogP contribution in [0.25, 0.3) is 0 Å². The van der Waals surface area contributed by atoms with Gasteiger partial charge in [-0.1, -0.05) is 58.9 Å². The van der Waals surface area contributed by atoms with E-state index >= 15 is 0 Å². The highest BCUT2D eigenvalue weighted by Gasteiger charge is 2.17. The lowest BCUT2D eigenvalue weighted by Gasteiger charge is -2.22. The summed E-state index contributed by atoms with van der Waals surface area (Å²) in [4.78, 5) is 10.3. The number of hydrogen-bond donors (Lipinski definition) is 1. The van der Waals surface area contributed by atoms with Crippen molar-refractivity contribution >= 4 is 6.16 Å². The molecule has 0 amide bonds. The molecule has 1 aromatic carbocycles. The molecule has 1 N–H and O–H groups in total. The molecule has 3 heteroatoms. The first kappa shape index (κ1) is 15.5. The van der Waals surface area contributed by atoms with E-state index in [4.69, 9.17) is 5.11 Å². The lowest BCUT2D eigenvalue weighted by Crippen LogP contribution is -2.15. The van der Waals surface area contributed by atoms with Gasteiger partial charge in [-0.3, -0.25) is 0 Å². The Labute approximate surface area is 103 Å². The molecule has 0 aromatic heterocycles. The van der Waals surface area contributed by atoms with Crippen LogP contribution in [-0.4, -0.2) is 11.3 Å². The van der Waals surface area contributed by atoms with Crippen molar-refractivity contribution in [2.75, 3.05) is 0 Å². The van der Waals surface area contributed by atoms with Gasteiger partial charge in [0.15, 0.2) is 0 Å². The molecule has 0 spiro atoms. The first-order valence-electron chi connectivity index (χ1n) is 5.85. The summed E-state index contributed by atoms with van der Waals surface area (Å²) >= 11 is 0. The predicted molar refractivity (Wildman–Crippen MR) is 69.3 cm³/mol. The Balaban J connectivity index is 0.00000121. The van der Waals surface area contributed by atoms with Gasteiger partial charge in [0.25, 0.3) is 0 Å². The second-order valence-corrected chi connectivity index (χ2v) is 4.46. The Bertz CT molecular complexity index is 351. The third-order valence-electron chi connectivity index (χ3n) is 2.18. The van der Waals surface area contributed by atoms with Crippen molar-refractivity contribution in [2.24, 2.45) is 0 Å². The molecule has 0 heterocycles. The molecule has 1 rings (SSSR count). The minimum absolute atomic E-state index is 0.00153. The lowest BCUT2D eigenvalue weighted by atomic mass is 9.84. The van der Waals surface area contributed by atoms with E-state index in [0.717, 1.165) is 11.1 Å². The number of carboxylic acid groups (broad SMARTS) is 1. The van der Waals surface area contributed by atoms with Crippen molar-refractivity contribution in [3.05, 3.63) is 35.4 Å². The van der Waals surface area contributed by atoms with Gasteiger partial charge >= 0.3 is 6.16 Å². The number of benzene rings is 1. The maximum Gasteiger partial charge on any atom is 0.506 e. The van der Waals surface area contributed by atoms with Crippen LogP contribution >= 0.6 is 0 Å². The van der Waals surface area contributed by atoms with E-state index in [2.05, 4.69) is 25.5 Å². The first-order valence-corrected chi connectivity index (χ1v) is 5.85. The lowest BCUT2D eigenvalue weighted by molar-refractivity contribution is 0.0849. The Morgan fingerprint density at radius 3 is 2.24 bits per heavy atom. The van der Waals surface area contributed by atoms with Crippen LogP contribution in [0.5, 0.6) is 0 Å². The molecule has 0 atom stereocenters. The second kappa shape index (κ2) is 6.94. The van der Waals surface area contributed by atoms with Crippen LogP contribution in [0.4, 0.5) is 4.79 Å². The van der Waals surface area contributed by atoms with Crippen molar-refractivity contribution in [1.29, 1.82) is 0 Å². The van der Waals surface area contributed by atoms with Gasteiger partial charge in [0, 0.05) is 0 Å². The van der Waals surface area contributed by atoms with E-state index in [0.29, 0.717) is 0 Å². The van der Waals surface area contributed by atoms with Crippen molar-refractivity contribution in [1.82, 2.24) is 0 Å². The van der Waals surface area contributed by atoms with E-state index in [1.165, 1.54) is 0 Å². The van der Waals surface area contributed by atoms with Crippen molar-refractivity contribution in [2.45, 2.75) is 46.6 Å². The molecule has 0 fully saturated rings. The normalized spacial score (nSPS) is 10.2. The summed E-state index contributed by atoms with van der Waals surface area (Å²) in [5.41, 5.74) is 2.04. The van der Waals surface area contributed by atoms with Crippen LogP contribution < -0.4 is 0 Å². The van der Waals surface area contributed by atoms with Crippen LogP contribution in [0.3, 0.4) is 0 Å². The highest BCUT2D eigenvalue weighted by Crippen LogP contribution is 2.26. The fourth-order valence-corrected chi connectivity index (χ4v) is 1.52. The van der Waals surface area contributed by atoms with Crippen LogP contribution in [0.15, 0.2) is 24.3 Å². The van der Waals surface area contributed by atoms with Crippen LogP contribution in [0.1, 0.15) is 45.7 Å². The Morgan fingerprint density at radius 2 is 1.76 bits per heavy atom. The molecule has 3 nitrogen and oxygen atoms in total. The molecule has 96 valence electrons. The highest BCUT2D eigenvalue weighted by atomic mass is 16.7. The number of carbonyl (C=O) groups is 1. The number of hydrogen-bond acceptors (Lipinski definition) is 2. The molecule has 0 unspecified atom stereocenters. The summed E-state index contributed by atoms with van der Waals surface area (Å²) in [7, 11) is 0. The predicted octanol–water partition coefficient (Wildman–Crippen LogP) is 4.20. The Morgan fingerprint density at radius 1 is 1.24 bits per heavy atom. The summed E-state index contributed by atoms with van der Waals surface area (Å²) in [5, 5.41) is 8.45. The third-order valence-corrected chi connectivity index (χ3v) is 2.18. The maximum absolute atomic E-state index is 10.3. The highest BCUT2D eigenvalue weighted by molar-refractivity contribution is 5.57. The molecule has 0 saturated heterocycles. The second-order valence-electron chi connectivity index (χ2n) is 4.46.